The third kappa shape index (κ3) is 2.95. The number of alkyl halides is 3. The highest BCUT2D eigenvalue weighted by Crippen LogP contribution is 2.33. The molecular formula is C16H16F3N3O. The maximum absolute atomic E-state index is 12.7. The van der Waals surface area contributed by atoms with Crippen molar-refractivity contribution >= 4 is 5.91 Å². The zero-order valence-electron chi connectivity index (χ0n) is 12.5. The number of halogens is 3. The summed E-state index contributed by atoms with van der Waals surface area (Å²) in [5.74, 6) is -0.277. The first-order valence-electron chi connectivity index (χ1n) is 7.37. The Morgan fingerprint density at radius 1 is 1.35 bits per heavy atom. The topological polar surface area (TPSA) is 49.0 Å². The number of nitrogens with one attached hydrogen (secondary N) is 1. The number of H-pyrrole nitrogens is 1. The highest BCUT2D eigenvalue weighted by molar-refractivity contribution is 5.95. The highest BCUT2D eigenvalue weighted by atomic mass is 19.4. The molecule has 0 bridgehead atoms. The number of carbonyl (C=O) groups is 1. The smallest absolute Gasteiger partial charge is 0.363 e. The summed E-state index contributed by atoms with van der Waals surface area (Å²) in [5.41, 5.74) is 0.278. The third-order valence-corrected chi connectivity index (χ3v) is 4.10. The number of aryl methyl sites for hydroxylation is 1. The molecule has 0 aromatic carbocycles. The largest absolute Gasteiger partial charge is 0.433 e. The number of aromatic nitrogens is 2. The van der Waals surface area contributed by atoms with Gasteiger partial charge in [-0.3, -0.25) is 4.79 Å². The predicted molar refractivity (Wildman–Crippen MR) is 77.8 cm³/mol. The zero-order valence-corrected chi connectivity index (χ0v) is 12.5. The average Bonchev–Trinajstić information content (AvgIpc) is 3.16. The van der Waals surface area contributed by atoms with Crippen molar-refractivity contribution in [1.29, 1.82) is 0 Å². The quantitative estimate of drug-likeness (QED) is 0.916. The summed E-state index contributed by atoms with van der Waals surface area (Å²) in [6.07, 6.45) is -1.02. The van der Waals surface area contributed by atoms with E-state index in [2.05, 4.69) is 9.97 Å². The van der Waals surface area contributed by atoms with E-state index in [0.29, 0.717) is 6.54 Å². The van der Waals surface area contributed by atoms with Gasteiger partial charge < -0.3 is 9.88 Å². The number of aromatic amines is 1. The van der Waals surface area contributed by atoms with Gasteiger partial charge in [0.2, 0.25) is 0 Å². The van der Waals surface area contributed by atoms with Crippen LogP contribution in [0.2, 0.25) is 0 Å². The van der Waals surface area contributed by atoms with Crippen LogP contribution in [0.25, 0.3) is 0 Å². The summed E-state index contributed by atoms with van der Waals surface area (Å²) >= 11 is 0. The number of hydrogen-bond donors (Lipinski definition) is 1. The molecule has 1 unspecified atom stereocenters. The molecule has 7 heteroatoms. The first-order chi connectivity index (χ1) is 10.9. The Bertz CT molecular complexity index is 710. The van der Waals surface area contributed by atoms with E-state index in [1.807, 2.05) is 12.1 Å². The first kappa shape index (κ1) is 15.6. The van der Waals surface area contributed by atoms with E-state index >= 15 is 0 Å². The lowest BCUT2D eigenvalue weighted by Gasteiger charge is -2.24. The molecule has 1 amide bonds. The van der Waals surface area contributed by atoms with Gasteiger partial charge in [0.1, 0.15) is 5.69 Å². The molecule has 2 aromatic heterocycles. The van der Waals surface area contributed by atoms with Gasteiger partial charge >= 0.3 is 6.18 Å². The molecule has 122 valence electrons. The molecule has 1 atom stereocenters. The molecule has 2 aromatic rings. The number of nitrogens with zero attached hydrogens (tertiary/aromatic N) is 2. The molecule has 1 aliphatic rings. The fourth-order valence-corrected chi connectivity index (χ4v) is 2.98. The van der Waals surface area contributed by atoms with Crippen LogP contribution in [-0.4, -0.2) is 27.3 Å². The lowest BCUT2D eigenvalue weighted by atomic mass is 10.1. The van der Waals surface area contributed by atoms with Crippen LogP contribution in [0.5, 0.6) is 0 Å². The molecule has 1 saturated heterocycles. The first-order valence-corrected chi connectivity index (χ1v) is 7.37. The molecule has 1 aliphatic heterocycles. The Labute approximate surface area is 131 Å². The van der Waals surface area contributed by atoms with Gasteiger partial charge in [0.05, 0.1) is 17.3 Å². The molecular weight excluding hydrogens is 307 g/mol. The van der Waals surface area contributed by atoms with Crippen LogP contribution >= 0.6 is 0 Å². The minimum Gasteiger partial charge on any atom is -0.363 e. The highest BCUT2D eigenvalue weighted by Gasteiger charge is 2.35. The molecule has 1 fully saturated rings. The monoisotopic (exact) mass is 323 g/mol. The summed E-state index contributed by atoms with van der Waals surface area (Å²) in [4.78, 5) is 21.1. The van der Waals surface area contributed by atoms with E-state index in [1.165, 1.54) is 13.0 Å². The maximum atomic E-state index is 12.7. The van der Waals surface area contributed by atoms with E-state index in [0.717, 1.165) is 24.6 Å². The molecule has 3 heterocycles. The summed E-state index contributed by atoms with van der Waals surface area (Å²) in [6, 6.07) is 5.78. The molecule has 1 N–H and O–H groups in total. The number of likely N-dealkylation sites (tertiary alicyclic amines) is 1. The lowest BCUT2D eigenvalue weighted by molar-refractivity contribution is -0.141. The van der Waals surface area contributed by atoms with Gasteiger partial charge in [-0.15, -0.1) is 0 Å². The molecule has 3 rings (SSSR count). The number of amides is 1. The van der Waals surface area contributed by atoms with Crippen LogP contribution in [0.4, 0.5) is 13.2 Å². The minimum absolute atomic E-state index is 0.0702. The van der Waals surface area contributed by atoms with Crippen molar-refractivity contribution in [3.05, 3.63) is 53.1 Å². The summed E-state index contributed by atoms with van der Waals surface area (Å²) in [5, 5.41) is 0. The van der Waals surface area contributed by atoms with Crippen LogP contribution in [0.1, 0.15) is 46.3 Å². The van der Waals surface area contributed by atoms with Gasteiger partial charge in [0.15, 0.2) is 0 Å². The SMILES string of the molecule is Cc1nc(C(F)(F)F)ccc1C(=O)N1CCCC1c1ccc[nH]1. The molecule has 0 radical (unpaired) electrons. The Kier molecular flexibility index (Phi) is 3.87. The molecule has 4 nitrogen and oxygen atoms in total. The van der Waals surface area contributed by atoms with E-state index in [1.54, 1.807) is 11.1 Å². The van der Waals surface area contributed by atoms with Gasteiger partial charge in [-0.25, -0.2) is 4.98 Å². The Morgan fingerprint density at radius 2 is 2.13 bits per heavy atom. The maximum Gasteiger partial charge on any atom is 0.433 e. The Hall–Kier alpha value is -2.31. The zero-order chi connectivity index (χ0) is 16.6. The number of hydrogen-bond acceptors (Lipinski definition) is 2. The third-order valence-electron chi connectivity index (χ3n) is 4.10. The van der Waals surface area contributed by atoms with E-state index in [-0.39, 0.29) is 23.2 Å². The van der Waals surface area contributed by atoms with Crippen LogP contribution in [0, 0.1) is 6.92 Å². The van der Waals surface area contributed by atoms with E-state index in [9.17, 15) is 18.0 Å². The average molecular weight is 323 g/mol. The van der Waals surface area contributed by atoms with Crippen molar-refractivity contribution in [2.24, 2.45) is 0 Å². The fourth-order valence-electron chi connectivity index (χ4n) is 2.98. The van der Waals surface area contributed by atoms with Crippen molar-refractivity contribution in [2.75, 3.05) is 6.54 Å². The van der Waals surface area contributed by atoms with Crippen molar-refractivity contribution in [2.45, 2.75) is 32.0 Å². The molecule has 23 heavy (non-hydrogen) atoms. The second kappa shape index (κ2) is 5.72. The lowest BCUT2D eigenvalue weighted by Crippen LogP contribution is -2.31. The normalized spacial score (nSPS) is 18.4. The van der Waals surface area contributed by atoms with Crippen LogP contribution in [-0.2, 0) is 6.18 Å². The molecule has 0 saturated carbocycles. The van der Waals surface area contributed by atoms with Gasteiger partial charge in [-0.05, 0) is 44.0 Å². The number of pyridine rings is 1. The van der Waals surface area contributed by atoms with Gasteiger partial charge in [-0.1, -0.05) is 0 Å². The summed E-state index contributed by atoms with van der Waals surface area (Å²) < 4.78 is 38.1. The summed E-state index contributed by atoms with van der Waals surface area (Å²) in [6.45, 7) is 2.02. The van der Waals surface area contributed by atoms with E-state index in [4.69, 9.17) is 0 Å². The second-order valence-corrected chi connectivity index (χ2v) is 5.61. The van der Waals surface area contributed by atoms with Gasteiger partial charge in [0, 0.05) is 18.4 Å². The van der Waals surface area contributed by atoms with Crippen LogP contribution in [0.3, 0.4) is 0 Å². The van der Waals surface area contributed by atoms with Crippen molar-refractivity contribution in [3.8, 4) is 0 Å². The van der Waals surface area contributed by atoms with Gasteiger partial charge in [0.25, 0.3) is 5.91 Å². The van der Waals surface area contributed by atoms with Crippen molar-refractivity contribution in [1.82, 2.24) is 14.9 Å². The fraction of sp³-hybridized carbons (Fsp3) is 0.375. The summed E-state index contributed by atoms with van der Waals surface area (Å²) in [7, 11) is 0. The Morgan fingerprint density at radius 3 is 2.74 bits per heavy atom. The van der Waals surface area contributed by atoms with Crippen molar-refractivity contribution in [3.63, 3.8) is 0 Å². The molecule has 0 aliphatic carbocycles. The minimum atomic E-state index is -4.51. The molecule has 0 spiro atoms. The Balaban J connectivity index is 1.88. The van der Waals surface area contributed by atoms with Crippen LogP contribution < -0.4 is 0 Å². The van der Waals surface area contributed by atoms with Crippen molar-refractivity contribution < 1.29 is 18.0 Å². The predicted octanol–water partition coefficient (Wildman–Crippen LogP) is 3.71. The standard InChI is InChI=1S/C16H16F3N3O/c1-10-11(6-7-14(21-10)16(17,18)19)15(23)22-9-3-5-13(22)12-4-2-8-20-12/h2,4,6-8,13,20H,3,5,9H2,1H3. The van der Waals surface area contributed by atoms with E-state index < -0.39 is 11.9 Å². The van der Waals surface area contributed by atoms with Gasteiger partial charge in [-0.2, -0.15) is 13.2 Å². The number of rotatable bonds is 2. The second-order valence-electron chi connectivity index (χ2n) is 5.61. The number of carbonyl (C=O) groups excluding carboxylic acids is 1. The van der Waals surface area contributed by atoms with Crippen LogP contribution in [0.15, 0.2) is 30.5 Å².